The van der Waals surface area contributed by atoms with Crippen LogP contribution in [0.25, 0.3) is 0 Å². The lowest BCUT2D eigenvalue weighted by Gasteiger charge is -2.16. The summed E-state index contributed by atoms with van der Waals surface area (Å²) in [6.07, 6.45) is 0.613. The molecule has 1 atom stereocenters. The standard InChI is InChI=1S/C13H18N2O/c1-10-2-4-11(5-3-10)8-15-9-12(7-14)6-13(15)16/h2-5,12H,6-9,14H2,1H3. The number of aryl methyl sites for hydroxylation is 1. The first-order valence-electron chi connectivity index (χ1n) is 5.72. The Morgan fingerprint density at radius 1 is 1.38 bits per heavy atom. The number of nitrogens with zero attached hydrogens (tertiary/aromatic N) is 1. The van der Waals surface area contributed by atoms with Gasteiger partial charge in [0.05, 0.1) is 0 Å². The number of hydrogen-bond acceptors (Lipinski definition) is 2. The molecule has 1 unspecified atom stereocenters. The van der Waals surface area contributed by atoms with E-state index in [2.05, 4.69) is 31.2 Å². The van der Waals surface area contributed by atoms with E-state index in [1.54, 1.807) is 0 Å². The normalized spacial score (nSPS) is 20.5. The average Bonchev–Trinajstić information content (AvgIpc) is 2.63. The second-order valence-electron chi connectivity index (χ2n) is 4.57. The highest BCUT2D eigenvalue weighted by atomic mass is 16.2. The van der Waals surface area contributed by atoms with E-state index in [4.69, 9.17) is 5.73 Å². The van der Waals surface area contributed by atoms with Crippen LogP contribution in [0.15, 0.2) is 24.3 Å². The summed E-state index contributed by atoms with van der Waals surface area (Å²) in [5.41, 5.74) is 8.03. The molecule has 1 saturated heterocycles. The molecule has 0 aromatic heterocycles. The van der Waals surface area contributed by atoms with Crippen molar-refractivity contribution in [3.8, 4) is 0 Å². The van der Waals surface area contributed by atoms with Crippen molar-refractivity contribution in [2.75, 3.05) is 13.1 Å². The lowest BCUT2D eigenvalue weighted by Crippen LogP contribution is -2.25. The Bertz CT molecular complexity index is 372. The fourth-order valence-corrected chi connectivity index (χ4v) is 2.08. The third kappa shape index (κ3) is 2.42. The fourth-order valence-electron chi connectivity index (χ4n) is 2.08. The van der Waals surface area contributed by atoms with E-state index in [-0.39, 0.29) is 5.91 Å². The number of hydrogen-bond donors (Lipinski definition) is 1. The van der Waals surface area contributed by atoms with Gasteiger partial charge in [0.2, 0.25) is 5.91 Å². The summed E-state index contributed by atoms with van der Waals surface area (Å²) in [7, 11) is 0. The van der Waals surface area contributed by atoms with Crippen molar-refractivity contribution in [2.45, 2.75) is 19.9 Å². The van der Waals surface area contributed by atoms with Gasteiger partial charge in [-0.1, -0.05) is 29.8 Å². The van der Waals surface area contributed by atoms with E-state index in [9.17, 15) is 4.79 Å². The van der Waals surface area contributed by atoms with Gasteiger partial charge in [-0.25, -0.2) is 0 Å². The van der Waals surface area contributed by atoms with Gasteiger partial charge >= 0.3 is 0 Å². The molecule has 1 aromatic carbocycles. The molecule has 2 rings (SSSR count). The molecule has 0 bridgehead atoms. The van der Waals surface area contributed by atoms with Crippen molar-refractivity contribution in [1.29, 1.82) is 0 Å². The number of amides is 1. The van der Waals surface area contributed by atoms with E-state index in [0.717, 1.165) is 13.1 Å². The topological polar surface area (TPSA) is 46.3 Å². The Morgan fingerprint density at radius 3 is 2.62 bits per heavy atom. The fraction of sp³-hybridized carbons (Fsp3) is 0.462. The first-order valence-corrected chi connectivity index (χ1v) is 5.72. The molecule has 3 nitrogen and oxygen atoms in total. The van der Waals surface area contributed by atoms with Gasteiger partial charge < -0.3 is 10.6 Å². The number of nitrogens with two attached hydrogens (primary N) is 1. The van der Waals surface area contributed by atoms with E-state index in [0.29, 0.717) is 18.9 Å². The number of carbonyl (C=O) groups excluding carboxylic acids is 1. The smallest absolute Gasteiger partial charge is 0.223 e. The van der Waals surface area contributed by atoms with Crippen molar-refractivity contribution in [3.63, 3.8) is 0 Å². The van der Waals surface area contributed by atoms with E-state index < -0.39 is 0 Å². The largest absolute Gasteiger partial charge is 0.338 e. The maximum absolute atomic E-state index is 11.7. The van der Waals surface area contributed by atoms with Gasteiger partial charge in [-0.2, -0.15) is 0 Å². The van der Waals surface area contributed by atoms with Crippen molar-refractivity contribution < 1.29 is 4.79 Å². The molecule has 0 saturated carbocycles. The molecule has 1 amide bonds. The third-order valence-electron chi connectivity index (χ3n) is 3.12. The van der Waals surface area contributed by atoms with Crippen molar-refractivity contribution in [3.05, 3.63) is 35.4 Å². The van der Waals surface area contributed by atoms with Crippen LogP contribution in [0.2, 0.25) is 0 Å². The van der Waals surface area contributed by atoms with E-state index >= 15 is 0 Å². The predicted molar refractivity (Wildman–Crippen MR) is 63.8 cm³/mol. The van der Waals surface area contributed by atoms with E-state index in [1.807, 2.05) is 4.90 Å². The molecule has 1 fully saturated rings. The molecule has 0 radical (unpaired) electrons. The van der Waals surface area contributed by atoms with E-state index in [1.165, 1.54) is 11.1 Å². The maximum Gasteiger partial charge on any atom is 0.223 e. The number of carbonyl (C=O) groups is 1. The number of benzene rings is 1. The van der Waals surface area contributed by atoms with Crippen LogP contribution < -0.4 is 5.73 Å². The Hall–Kier alpha value is -1.35. The summed E-state index contributed by atoms with van der Waals surface area (Å²) in [5.74, 6) is 0.578. The minimum absolute atomic E-state index is 0.232. The third-order valence-corrected chi connectivity index (χ3v) is 3.12. The van der Waals surface area contributed by atoms with Gasteiger partial charge in [-0.3, -0.25) is 4.79 Å². The summed E-state index contributed by atoms with van der Waals surface area (Å²) in [4.78, 5) is 13.6. The summed E-state index contributed by atoms with van der Waals surface area (Å²) >= 11 is 0. The Labute approximate surface area is 96.2 Å². The lowest BCUT2D eigenvalue weighted by molar-refractivity contribution is -0.128. The van der Waals surface area contributed by atoms with Crippen LogP contribution in [0.3, 0.4) is 0 Å². The molecule has 86 valence electrons. The Morgan fingerprint density at radius 2 is 2.06 bits per heavy atom. The molecule has 2 N–H and O–H groups in total. The predicted octanol–water partition coefficient (Wildman–Crippen LogP) is 1.30. The van der Waals surface area contributed by atoms with Crippen molar-refractivity contribution >= 4 is 5.91 Å². The van der Waals surface area contributed by atoms with Gasteiger partial charge in [0, 0.05) is 19.5 Å². The first-order chi connectivity index (χ1) is 7.69. The SMILES string of the molecule is Cc1ccc(CN2CC(CN)CC2=O)cc1. The second-order valence-corrected chi connectivity index (χ2v) is 4.57. The minimum Gasteiger partial charge on any atom is -0.338 e. The molecular formula is C13H18N2O. The molecule has 0 spiro atoms. The average molecular weight is 218 g/mol. The van der Waals surface area contributed by atoms with Crippen LogP contribution in [-0.4, -0.2) is 23.9 Å². The number of rotatable bonds is 3. The van der Waals surface area contributed by atoms with Gasteiger partial charge in [-0.05, 0) is 24.9 Å². The molecular weight excluding hydrogens is 200 g/mol. The summed E-state index contributed by atoms with van der Waals surface area (Å²) in [6, 6.07) is 8.32. The van der Waals surface area contributed by atoms with Crippen LogP contribution >= 0.6 is 0 Å². The monoisotopic (exact) mass is 218 g/mol. The van der Waals surface area contributed by atoms with Crippen LogP contribution in [0.4, 0.5) is 0 Å². The van der Waals surface area contributed by atoms with Crippen LogP contribution in [-0.2, 0) is 11.3 Å². The van der Waals surface area contributed by atoms with Crippen molar-refractivity contribution in [1.82, 2.24) is 4.90 Å². The quantitative estimate of drug-likeness (QED) is 0.831. The number of likely N-dealkylation sites (tertiary alicyclic amines) is 1. The Kier molecular flexibility index (Phi) is 3.25. The molecule has 1 aromatic rings. The van der Waals surface area contributed by atoms with Crippen LogP contribution in [0, 0.1) is 12.8 Å². The summed E-state index contributed by atoms with van der Waals surface area (Å²) in [6.45, 7) is 4.20. The summed E-state index contributed by atoms with van der Waals surface area (Å²) < 4.78 is 0. The first kappa shape index (κ1) is 11.1. The second kappa shape index (κ2) is 4.66. The van der Waals surface area contributed by atoms with Gasteiger partial charge in [0.25, 0.3) is 0 Å². The van der Waals surface area contributed by atoms with Crippen LogP contribution in [0.1, 0.15) is 17.5 Å². The van der Waals surface area contributed by atoms with Crippen molar-refractivity contribution in [2.24, 2.45) is 11.7 Å². The lowest BCUT2D eigenvalue weighted by atomic mass is 10.1. The highest BCUT2D eigenvalue weighted by Gasteiger charge is 2.28. The Balaban J connectivity index is 2.00. The zero-order chi connectivity index (χ0) is 11.5. The zero-order valence-corrected chi connectivity index (χ0v) is 9.65. The zero-order valence-electron chi connectivity index (χ0n) is 9.65. The van der Waals surface area contributed by atoms with Gasteiger partial charge in [0.15, 0.2) is 0 Å². The maximum atomic E-state index is 11.7. The molecule has 1 aliphatic rings. The van der Waals surface area contributed by atoms with Gasteiger partial charge in [0.1, 0.15) is 0 Å². The molecule has 1 heterocycles. The molecule has 3 heteroatoms. The molecule has 1 aliphatic heterocycles. The molecule has 0 aliphatic carbocycles. The minimum atomic E-state index is 0.232. The molecule has 16 heavy (non-hydrogen) atoms. The highest BCUT2D eigenvalue weighted by molar-refractivity contribution is 5.78. The van der Waals surface area contributed by atoms with Crippen LogP contribution in [0.5, 0.6) is 0 Å². The summed E-state index contributed by atoms with van der Waals surface area (Å²) in [5, 5.41) is 0. The van der Waals surface area contributed by atoms with Gasteiger partial charge in [-0.15, -0.1) is 0 Å². The highest BCUT2D eigenvalue weighted by Crippen LogP contribution is 2.19.